The normalized spacial score (nSPS) is 11.9. The van der Waals surface area contributed by atoms with Crippen molar-refractivity contribution in [3.05, 3.63) is 41.0 Å². The van der Waals surface area contributed by atoms with Crippen LogP contribution in [0.25, 0.3) is 4.85 Å². The molecule has 0 heterocycles. The van der Waals surface area contributed by atoms with Crippen molar-refractivity contribution in [2.45, 2.75) is 13.0 Å². The molecule has 1 aromatic carbocycles. The van der Waals surface area contributed by atoms with Crippen LogP contribution in [0.1, 0.15) is 18.5 Å². The van der Waals surface area contributed by atoms with Crippen LogP contribution in [0.2, 0.25) is 0 Å². The maximum absolute atomic E-state index is 13.0. The van der Waals surface area contributed by atoms with E-state index in [-0.39, 0.29) is 11.9 Å². The number of benzene rings is 1. The Morgan fingerprint density at radius 1 is 1.43 bits per heavy atom. The topological polar surface area (TPSA) is 7.60 Å². The van der Waals surface area contributed by atoms with Gasteiger partial charge in [0.15, 0.2) is 0 Å². The fourth-order valence-electron chi connectivity index (χ4n) is 1.34. The van der Waals surface area contributed by atoms with Crippen molar-refractivity contribution in [3.8, 4) is 0 Å². The lowest BCUT2D eigenvalue weighted by atomic mass is 10.1. The average molecular weight is 192 g/mol. The highest BCUT2D eigenvalue weighted by Crippen LogP contribution is 2.27. The van der Waals surface area contributed by atoms with Gasteiger partial charge in [0, 0.05) is 26.7 Å². The first kappa shape index (κ1) is 10.5. The molecule has 1 atom stereocenters. The smallest absolute Gasteiger partial charge is 0.248 e. The van der Waals surface area contributed by atoms with E-state index < -0.39 is 0 Å². The predicted molar refractivity (Wildman–Crippen MR) is 55.7 cm³/mol. The van der Waals surface area contributed by atoms with Crippen LogP contribution >= 0.6 is 0 Å². The van der Waals surface area contributed by atoms with Crippen molar-refractivity contribution in [1.82, 2.24) is 0 Å². The van der Waals surface area contributed by atoms with Gasteiger partial charge in [-0.1, -0.05) is 0 Å². The van der Waals surface area contributed by atoms with E-state index >= 15 is 0 Å². The molecule has 0 aliphatic rings. The molecular formula is C11H13FN2. The highest BCUT2D eigenvalue weighted by atomic mass is 19.1. The van der Waals surface area contributed by atoms with Crippen LogP contribution < -0.4 is 4.90 Å². The fourth-order valence-corrected chi connectivity index (χ4v) is 1.34. The minimum Gasteiger partial charge on any atom is -0.377 e. The Balaban J connectivity index is 3.24. The third-order valence-corrected chi connectivity index (χ3v) is 2.12. The zero-order valence-electron chi connectivity index (χ0n) is 8.58. The van der Waals surface area contributed by atoms with E-state index in [1.807, 2.05) is 19.0 Å². The molecule has 0 aliphatic carbocycles. The Morgan fingerprint density at radius 2 is 2.07 bits per heavy atom. The number of hydrogen-bond donors (Lipinski definition) is 0. The first-order valence-corrected chi connectivity index (χ1v) is 4.39. The van der Waals surface area contributed by atoms with Gasteiger partial charge in [-0.2, -0.15) is 0 Å². The Hall–Kier alpha value is -1.56. The quantitative estimate of drug-likeness (QED) is 0.654. The van der Waals surface area contributed by atoms with E-state index in [4.69, 9.17) is 6.57 Å². The van der Waals surface area contributed by atoms with Crippen LogP contribution in [0.4, 0.5) is 10.1 Å². The van der Waals surface area contributed by atoms with Crippen LogP contribution in [0.3, 0.4) is 0 Å². The summed E-state index contributed by atoms with van der Waals surface area (Å²) in [5, 5.41) is 0. The molecule has 1 aromatic rings. The Bertz CT molecular complexity index is 366. The molecule has 0 aromatic heterocycles. The van der Waals surface area contributed by atoms with E-state index in [9.17, 15) is 4.39 Å². The van der Waals surface area contributed by atoms with Crippen molar-refractivity contribution in [2.24, 2.45) is 0 Å². The van der Waals surface area contributed by atoms with Gasteiger partial charge in [-0.3, -0.25) is 0 Å². The largest absolute Gasteiger partial charge is 0.377 e. The van der Waals surface area contributed by atoms with Gasteiger partial charge in [-0.15, -0.1) is 0 Å². The third kappa shape index (κ3) is 2.02. The molecule has 74 valence electrons. The monoisotopic (exact) mass is 192 g/mol. The van der Waals surface area contributed by atoms with Gasteiger partial charge in [0.05, 0.1) is 5.56 Å². The van der Waals surface area contributed by atoms with E-state index in [1.54, 1.807) is 13.0 Å². The van der Waals surface area contributed by atoms with E-state index in [0.29, 0.717) is 0 Å². The molecule has 0 fully saturated rings. The van der Waals surface area contributed by atoms with Crippen molar-refractivity contribution in [1.29, 1.82) is 0 Å². The molecule has 1 rings (SSSR count). The summed E-state index contributed by atoms with van der Waals surface area (Å²) < 4.78 is 13.0. The highest BCUT2D eigenvalue weighted by Gasteiger charge is 2.15. The lowest BCUT2D eigenvalue weighted by Crippen LogP contribution is -2.12. The first-order valence-electron chi connectivity index (χ1n) is 4.39. The fraction of sp³-hybridized carbons (Fsp3) is 0.364. The van der Waals surface area contributed by atoms with Crippen molar-refractivity contribution in [3.63, 3.8) is 0 Å². The molecule has 2 nitrogen and oxygen atoms in total. The standard InChI is InChI=1S/C11H13FN2/c1-8(13-2)10-7-9(12)5-6-11(10)14(3)4/h5-8H,1,3-4H3. The molecule has 0 radical (unpaired) electrons. The van der Waals surface area contributed by atoms with Gasteiger partial charge in [-0.25, -0.2) is 11.0 Å². The second kappa shape index (κ2) is 4.10. The summed E-state index contributed by atoms with van der Waals surface area (Å²) in [6.45, 7) is 8.71. The van der Waals surface area contributed by atoms with E-state index in [0.717, 1.165) is 11.3 Å². The molecule has 0 amide bonds. The van der Waals surface area contributed by atoms with E-state index in [1.165, 1.54) is 12.1 Å². The number of anilines is 1. The van der Waals surface area contributed by atoms with Crippen molar-refractivity contribution >= 4 is 5.69 Å². The van der Waals surface area contributed by atoms with Gasteiger partial charge in [0.1, 0.15) is 5.82 Å². The second-order valence-electron chi connectivity index (χ2n) is 3.40. The predicted octanol–water partition coefficient (Wildman–Crippen LogP) is 2.87. The summed E-state index contributed by atoms with van der Waals surface area (Å²) in [5.41, 5.74) is 1.64. The van der Waals surface area contributed by atoms with E-state index in [2.05, 4.69) is 4.85 Å². The lowest BCUT2D eigenvalue weighted by Gasteiger charge is -2.16. The summed E-state index contributed by atoms with van der Waals surface area (Å²) in [4.78, 5) is 5.28. The summed E-state index contributed by atoms with van der Waals surface area (Å²) in [6.07, 6.45) is 0. The van der Waals surface area contributed by atoms with Crippen molar-refractivity contribution < 1.29 is 4.39 Å². The molecule has 0 saturated heterocycles. The second-order valence-corrected chi connectivity index (χ2v) is 3.40. The molecule has 0 bridgehead atoms. The Labute approximate surface area is 83.8 Å². The van der Waals surface area contributed by atoms with Crippen molar-refractivity contribution in [2.75, 3.05) is 19.0 Å². The van der Waals surface area contributed by atoms with Gasteiger partial charge < -0.3 is 9.74 Å². The summed E-state index contributed by atoms with van der Waals surface area (Å²) in [6, 6.07) is 4.24. The van der Waals surface area contributed by atoms with Gasteiger partial charge in [0.25, 0.3) is 0 Å². The maximum atomic E-state index is 13.0. The number of hydrogen-bond acceptors (Lipinski definition) is 1. The molecule has 3 heteroatoms. The molecule has 0 saturated carbocycles. The number of halogens is 1. The SMILES string of the molecule is [C-]#[N+]C(C)c1cc(F)ccc1N(C)C. The molecular weight excluding hydrogens is 179 g/mol. The summed E-state index contributed by atoms with van der Waals surface area (Å²) in [7, 11) is 3.76. The maximum Gasteiger partial charge on any atom is 0.248 e. The number of nitrogens with zero attached hydrogens (tertiary/aromatic N) is 2. The zero-order chi connectivity index (χ0) is 10.7. The van der Waals surface area contributed by atoms with Crippen LogP contribution in [-0.4, -0.2) is 14.1 Å². The van der Waals surface area contributed by atoms with Crippen LogP contribution in [-0.2, 0) is 0 Å². The van der Waals surface area contributed by atoms with Crippen LogP contribution in [0, 0.1) is 12.4 Å². The molecule has 0 spiro atoms. The minimum absolute atomic E-state index is 0.291. The van der Waals surface area contributed by atoms with Crippen LogP contribution in [0.5, 0.6) is 0 Å². The zero-order valence-corrected chi connectivity index (χ0v) is 8.58. The molecule has 0 N–H and O–H groups in total. The van der Waals surface area contributed by atoms with Gasteiger partial charge >= 0.3 is 0 Å². The van der Waals surface area contributed by atoms with Gasteiger partial charge in [0.2, 0.25) is 6.04 Å². The molecule has 14 heavy (non-hydrogen) atoms. The van der Waals surface area contributed by atoms with Crippen LogP contribution in [0.15, 0.2) is 18.2 Å². The summed E-state index contributed by atoms with van der Waals surface area (Å²) in [5.74, 6) is -0.291. The number of rotatable bonds is 2. The highest BCUT2D eigenvalue weighted by molar-refractivity contribution is 5.54. The third-order valence-electron chi connectivity index (χ3n) is 2.12. The Morgan fingerprint density at radius 3 is 2.57 bits per heavy atom. The minimum atomic E-state index is -0.303. The first-order chi connectivity index (χ1) is 6.56. The van der Waals surface area contributed by atoms with Gasteiger partial charge in [-0.05, 0) is 18.2 Å². The molecule has 1 unspecified atom stereocenters. The summed E-state index contributed by atoms with van der Waals surface area (Å²) >= 11 is 0. The Kier molecular flexibility index (Phi) is 3.08. The molecule has 0 aliphatic heterocycles. The lowest BCUT2D eigenvalue weighted by molar-refractivity contribution is 0.624. The average Bonchev–Trinajstić information content (AvgIpc) is 2.16.